The molecule has 0 spiro atoms. The van der Waals surface area contributed by atoms with Crippen molar-refractivity contribution in [3.05, 3.63) is 11.6 Å². The Kier molecular flexibility index (Phi) is 8.42. The lowest BCUT2D eigenvalue weighted by atomic mass is 9.93. The molecule has 2 rings (SSSR count). The highest BCUT2D eigenvalue weighted by atomic mass is 35.5. The summed E-state index contributed by atoms with van der Waals surface area (Å²) >= 11 is 7.52. The van der Waals surface area contributed by atoms with Crippen LogP contribution in [0.25, 0.3) is 0 Å². The van der Waals surface area contributed by atoms with E-state index in [0.29, 0.717) is 0 Å². The summed E-state index contributed by atoms with van der Waals surface area (Å²) < 4.78 is 5.78. The van der Waals surface area contributed by atoms with Gasteiger partial charge in [-0.2, -0.15) is 0 Å². The minimum absolute atomic E-state index is 0.224. The Morgan fingerprint density at radius 3 is 2.63 bits per heavy atom. The van der Waals surface area contributed by atoms with Crippen LogP contribution in [0.15, 0.2) is 11.6 Å². The third kappa shape index (κ3) is 5.18. The molecule has 27 heavy (non-hydrogen) atoms. The Morgan fingerprint density at radius 2 is 2.07 bits per heavy atom. The number of carbonyl (C=O) groups is 1. The number of nitrogens with zero attached hydrogens (tertiary/aromatic N) is 1. The van der Waals surface area contributed by atoms with E-state index < -0.39 is 47.3 Å². The van der Waals surface area contributed by atoms with Crippen molar-refractivity contribution >= 4 is 29.3 Å². The zero-order valence-electron chi connectivity index (χ0n) is 16.2. The highest BCUT2D eigenvalue weighted by Gasteiger charge is 2.48. The van der Waals surface area contributed by atoms with Gasteiger partial charge in [0, 0.05) is 6.54 Å². The van der Waals surface area contributed by atoms with Gasteiger partial charge in [0.2, 0.25) is 5.91 Å². The number of nitrogens with one attached hydrogen (secondary N) is 1. The molecular formula is C18H31ClN2O5S. The van der Waals surface area contributed by atoms with Crippen LogP contribution >= 0.6 is 23.4 Å². The molecule has 0 bridgehead atoms. The molecule has 0 aromatic heterocycles. The maximum atomic E-state index is 12.9. The van der Waals surface area contributed by atoms with E-state index >= 15 is 0 Å². The van der Waals surface area contributed by atoms with E-state index in [1.54, 1.807) is 13.2 Å². The van der Waals surface area contributed by atoms with Gasteiger partial charge in [0.05, 0.1) is 11.4 Å². The summed E-state index contributed by atoms with van der Waals surface area (Å²) in [5, 5.41) is 32.9. The zero-order valence-corrected chi connectivity index (χ0v) is 17.8. The largest absolute Gasteiger partial charge is 0.388 e. The van der Waals surface area contributed by atoms with Crippen LogP contribution in [0.5, 0.6) is 0 Å². The number of aliphatic hydroxyl groups is 3. The molecule has 156 valence electrons. The molecule has 0 unspecified atom stereocenters. The fourth-order valence-corrected chi connectivity index (χ4v) is 4.54. The minimum atomic E-state index is -1.37. The van der Waals surface area contributed by atoms with Crippen molar-refractivity contribution in [3.8, 4) is 0 Å². The van der Waals surface area contributed by atoms with Gasteiger partial charge in [0.25, 0.3) is 0 Å². The van der Waals surface area contributed by atoms with Crippen molar-refractivity contribution in [2.75, 3.05) is 19.8 Å². The molecule has 7 nitrogen and oxygen atoms in total. The first-order valence-corrected chi connectivity index (χ1v) is 11.0. The van der Waals surface area contributed by atoms with Gasteiger partial charge < -0.3 is 25.4 Å². The molecule has 9 heteroatoms. The zero-order chi connectivity index (χ0) is 20.3. The van der Waals surface area contributed by atoms with Gasteiger partial charge >= 0.3 is 0 Å². The molecule has 0 radical (unpaired) electrons. The highest BCUT2D eigenvalue weighted by Crippen LogP contribution is 2.30. The molecule has 1 fully saturated rings. The van der Waals surface area contributed by atoms with Crippen molar-refractivity contribution in [3.63, 3.8) is 0 Å². The van der Waals surface area contributed by atoms with E-state index in [1.807, 2.05) is 18.0 Å². The van der Waals surface area contributed by atoms with Crippen LogP contribution in [0.3, 0.4) is 0 Å². The number of thioether (sulfide) groups is 1. The summed E-state index contributed by atoms with van der Waals surface area (Å²) in [4.78, 5) is 14.8. The first-order valence-electron chi connectivity index (χ1n) is 9.27. The molecule has 8 atom stereocenters. The number of halogens is 1. The smallest absolute Gasteiger partial charge is 0.241 e. The summed E-state index contributed by atoms with van der Waals surface area (Å²) in [6, 6.07) is -1.12. The number of alkyl halides is 1. The monoisotopic (exact) mass is 422 g/mol. The fourth-order valence-electron chi connectivity index (χ4n) is 3.65. The van der Waals surface area contributed by atoms with Crippen molar-refractivity contribution in [1.29, 1.82) is 0 Å². The summed E-state index contributed by atoms with van der Waals surface area (Å²) in [5.74, 6) is -0.224. The number of ether oxygens (including phenoxy) is 1. The van der Waals surface area contributed by atoms with E-state index in [4.69, 9.17) is 16.3 Å². The first-order chi connectivity index (χ1) is 12.7. The number of hydrogen-bond donors (Lipinski definition) is 4. The van der Waals surface area contributed by atoms with E-state index in [0.717, 1.165) is 19.4 Å². The molecule has 0 aromatic rings. The van der Waals surface area contributed by atoms with Crippen molar-refractivity contribution in [2.24, 2.45) is 0 Å². The van der Waals surface area contributed by atoms with Crippen LogP contribution in [-0.2, 0) is 9.53 Å². The van der Waals surface area contributed by atoms with Crippen molar-refractivity contribution < 1.29 is 24.9 Å². The van der Waals surface area contributed by atoms with E-state index in [2.05, 4.69) is 12.2 Å². The third-order valence-corrected chi connectivity index (χ3v) is 6.28. The number of likely N-dealkylation sites (N-methyl/N-ethyl adjacent to an activating group) is 1. The highest BCUT2D eigenvalue weighted by molar-refractivity contribution is 7.99. The summed E-state index contributed by atoms with van der Waals surface area (Å²) in [5.41, 5.74) is 0.513. The second-order valence-corrected chi connectivity index (χ2v) is 8.95. The lowest BCUT2D eigenvalue weighted by Crippen LogP contribution is -2.65. The Labute approximate surface area is 170 Å². The molecule has 2 heterocycles. The third-order valence-electron chi connectivity index (χ3n) is 5.16. The normalized spacial score (nSPS) is 37.0. The second-order valence-electron chi connectivity index (χ2n) is 7.32. The Morgan fingerprint density at radius 1 is 1.41 bits per heavy atom. The molecular weight excluding hydrogens is 392 g/mol. The Bertz CT molecular complexity index is 548. The van der Waals surface area contributed by atoms with Gasteiger partial charge in [-0.05, 0) is 26.6 Å². The lowest BCUT2D eigenvalue weighted by molar-refractivity contribution is -0.205. The van der Waals surface area contributed by atoms with Gasteiger partial charge in [-0.1, -0.05) is 25.0 Å². The molecule has 2 aliphatic heterocycles. The number of carbonyl (C=O) groups excluding carboxylic acids is 1. The minimum Gasteiger partial charge on any atom is -0.388 e. The van der Waals surface area contributed by atoms with Crippen LogP contribution in [-0.4, -0.2) is 93.3 Å². The van der Waals surface area contributed by atoms with Crippen molar-refractivity contribution in [1.82, 2.24) is 10.2 Å². The quantitative estimate of drug-likeness (QED) is 0.346. The molecule has 4 N–H and O–H groups in total. The topological polar surface area (TPSA) is 102 Å². The van der Waals surface area contributed by atoms with Crippen LogP contribution in [0.2, 0.25) is 0 Å². The second kappa shape index (κ2) is 9.91. The molecule has 0 aromatic carbocycles. The molecule has 0 aliphatic carbocycles. The summed E-state index contributed by atoms with van der Waals surface area (Å²) in [6.07, 6.45) is 0.804. The van der Waals surface area contributed by atoms with E-state index in [9.17, 15) is 20.1 Å². The Hall–Kier alpha value is -0.350. The van der Waals surface area contributed by atoms with Crippen molar-refractivity contribution in [2.45, 2.75) is 74.0 Å². The number of rotatable bonds is 7. The molecule has 1 saturated heterocycles. The van der Waals surface area contributed by atoms with Crippen LogP contribution in [0, 0.1) is 0 Å². The average molecular weight is 423 g/mol. The Balaban J connectivity index is 2.14. The lowest BCUT2D eigenvalue weighted by Gasteiger charge is -2.44. The number of amides is 1. The predicted octanol–water partition coefficient (Wildman–Crippen LogP) is 0.310. The predicted molar refractivity (Wildman–Crippen MR) is 107 cm³/mol. The average Bonchev–Trinajstić information content (AvgIpc) is 2.99. The van der Waals surface area contributed by atoms with E-state index in [-0.39, 0.29) is 5.91 Å². The van der Waals surface area contributed by atoms with Gasteiger partial charge in [0.1, 0.15) is 35.9 Å². The van der Waals surface area contributed by atoms with Gasteiger partial charge in [0.15, 0.2) is 0 Å². The first kappa shape index (κ1) is 22.9. The SMILES string of the molecule is CCCC1=C[C@H](C(=O)N[C@@H]([C@@H]2O[C@H](SC)[C@@H](O)[C@@H](O)[C@H]2O)[C@H](C)Cl)N(C)C1. The fraction of sp³-hybridized carbons (Fsp3) is 0.833. The van der Waals surface area contributed by atoms with Gasteiger partial charge in [-0.25, -0.2) is 0 Å². The maximum Gasteiger partial charge on any atom is 0.241 e. The summed E-state index contributed by atoms with van der Waals surface area (Å²) in [6.45, 7) is 4.54. The number of aliphatic hydroxyl groups excluding tert-OH is 3. The summed E-state index contributed by atoms with van der Waals surface area (Å²) in [7, 11) is 1.89. The molecule has 0 saturated carbocycles. The molecule has 1 amide bonds. The maximum absolute atomic E-state index is 12.9. The van der Waals surface area contributed by atoms with Gasteiger partial charge in [-0.3, -0.25) is 9.69 Å². The van der Waals surface area contributed by atoms with Crippen LogP contribution in [0.1, 0.15) is 26.7 Å². The molecule has 2 aliphatic rings. The number of hydrogen-bond acceptors (Lipinski definition) is 7. The van der Waals surface area contributed by atoms with Gasteiger partial charge in [-0.15, -0.1) is 23.4 Å². The van der Waals surface area contributed by atoms with Crippen LogP contribution in [0.4, 0.5) is 0 Å². The standard InChI is InChI=1S/C18H31ClN2O5S/c1-5-6-10-7-11(21(3)8-10)17(25)20-12(9(2)19)16-14(23)13(22)15(24)18(26-16)27-4/h7,9,11-16,18,22-24H,5-6,8H2,1-4H3,(H,20,25)/t9-,11+,12+,13-,14+,15-,16-,18+/m0/s1. The van der Waals surface area contributed by atoms with Crippen LogP contribution < -0.4 is 5.32 Å². The van der Waals surface area contributed by atoms with E-state index in [1.165, 1.54) is 17.3 Å².